The van der Waals surface area contributed by atoms with Gasteiger partial charge in [0.2, 0.25) is 0 Å². The molecule has 4 heteroatoms. The third-order valence-corrected chi connectivity index (χ3v) is 2.70. The van der Waals surface area contributed by atoms with Crippen molar-refractivity contribution in [1.82, 2.24) is 4.37 Å². The van der Waals surface area contributed by atoms with Crippen molar-refractivity contribution < 1.29 is 9.50 Å². The molecule has 0 bridgehead atoms. The van der Waals surface area contributed by atoms with E-state index in [2.05, 4.69) is 4.37 Å². The molecule has 1 N–H and O–H groups in total. The lowest BCUT2D eigenvalue weighted by atomic mass is 10.2. The minimum absolute atomic E-state index is 0.148. The first kappa shape index (κ1) is 8.44. The summed E-state index contributed by atoms with van der Waals surface area (Å²) >= 11 is 1.25. The molecule has 0 radical (unpaired) electrons. The number of aromatic nitrogens is 1. The standard InChI is InChI=1S/C9H8FNOS/c1-5(10)9-7-4-6(12)2-3-8(7)13-11-9/h2-5,12H,1H3. The van der Waals surface area contributed by atoms with Gasteiger partial charge in [0, 0.05) is 5.39 Å². The highest BCUT2D eigenvalue weighted by Crippen LogP contribution is 2.30. The topological polar surface area (TPSA) is 33.1 Å². The molecule has 0 saturated heterocycles. The minimum Gasteiger partial charge on any atom is -0.508 e. The van der Waals surface area contributed by atoms with Crippen molar-refractivity contribution >= 4 is 21.6 Å². The molecule has 1 unspecified atom stereocenters. The summed E-state index contributed by atoms with van der Waals surface area (Å²) in [6, 6.07) is 4.87. The van der Waals surface area contributed by atoms with Gasteiger partial charge < -0.3 is 5.11 Å². The zero-order chi connectivity index (χ0) is 9.42. The average molecular weight is 197 g/mol. The van der Waals surface area contributed by atoms with E-state index in [0.29, 0.717) is 11.1 Å². The maximum atomic E-state index is 13.0. The second-order valence-electron chi connectivity index (χ2n) is 2.86. The molecule has 0 aliphatic rings. The molecule has 1 atom stereocenters. The molecule has 68 valence electrons. The molecule has 0 fully saturated rings. The molecule has 0 amide bonds. The van der Waals surface area contributed by atoms with Gasteiger partial charge in [-0.25, -0.2) is 4.39 Å². The first-order valence-electron chi connectivity index (χ1n) is 3.91. The summed E-state index contributed by atoms with van der Waals surface area (Å²) in [5.41, 5.74) is 0.413. The van der Waals surface area contributed by atoms with E-state index in [0.717, 1.165) is 4.70 Å². The molecule has 1 aromatic carbocycles. The van der Waals surface area contributed by atoms with Crippen molar-refractivity contribution in [2.45, 2.75) is 13.1 Å². The maximum Gasteiger partial charge on any atom is 0.141 e. The van der Waals surface area contributed by atoms with Gasteiger partial charge >= 0.3 is 0 Å². The number of aromatic hydroxyl groups is 1. The van der Waals surface area contributed by atoms with Gasteiger partial charge in [0.1, 0.15) is 11.9 Å². The monoisotopic (exact) mass is 197 g/mol. The number of benzene rings is 1. The summed E-state index contributed by atoms with van der Waals surface area (Å²) in [6.45, 7) is 1.44. The van der Waals surface area contributed by atoms with Crippen LogP contribution >= 0.6 is 11.5 Å². The van der Waals surface area contributed by atoms with Crippen LogP contribution in [0.5, 0.6) is 5.75 Å². The van der Waals surface area contributed by atoms with Gasteiger partial charge in [0.25, 0.3) is 0 Å². The largest absolute Gasteiger partial charge is 0.508 e. The van der Waals surface area contributed by atoms with Gasteiger partial charge in [-0.15, -0.1) is 0 Å². The van der Waals surface area contributed by atoms with Crippen LogP contribution in [0.25, 0.3) is 10.1 Å². The number of alkyl halides is 1. The van der Waals surface area contributed by atoms with Crippen molar-refractivity contribution in [2.75, 3.05) is 0 Å². The Morgan fingerprint density at radius 3 is 3.00 bits per heavy atom. The Kier molecular flexibility index (Phi) is 1.92. The van der Waals surface area contributed by atoms with Crippen LogP contribution in [0.15, 0.2) is 18.2 Å². The summed E-state index contributed by atoms with van der Waals surface area (Å²) in [5.74, 6) is 0.148. The van der Waals surface area contributed by atoms with Crippen LogP contribution in [-0.2, 0) is 0 Å². The van der Waals surface area contributed by atoms with Gasteiger partial charge in [-0.2, -0.15) is 4.37 Å². The van der Waals surface area contributed by atoms with E-state index in [1.54, 1.807) is 18.2 Å². The van der Waals surface area contributed by atoms with Gasteiger partial charge in [0.05, 0.1) is 10.4 Å². The highest BCUT2D eigenvalue weighted by Gasteiger charge is 2.12. The van der Waals surface area contributed by atoms with Gasteiger partial charge in [-0.1, -0.05) is 0 Å². The van der Waals surface area contributed by atoms with Crippen LogP contribution in [-0.4, -0.2) is 9.48 Å². The van der Waals surface area contributed by atoms with Crippen LogP contribution in [0.4, 0.5) is 4.39 Å². The van der Waals surface area contributed by atoms with Gasteiger partial charge in [-0.3, -0.25) is 0 Å². The highest BCUT2D eigenvalue weighted by atomic mass is 32.1. The normalized spacial score (nSPS) is 13.4. The number of hydrogen-bond donors (Lipinski definition) is 1. The lowest BCUT2D eigenvalue weighted by Gasteiger charge is -1.97. The van der Waals surface area contributed by atoms with E-state index in [1.807, 2.05) is 0 Å². The molecular formula is C9H8FNOS. The fraction of sp³-hybridized carbons (Fsp3) is 0.222. The summed E-state index contributed by atoms with van der Waals surface area (Å²) < 4.78 is 17.9. The second kappa shape index (κ2) is 2.96. The lowest BCUT2D eigenvalue weighted by molar-refractivity contribution is 0.370. The third kappa shape index (κ3) is 1.37. The molecule has 0 aliphatic heterocycles. The Hall–Kier alpha value is -1.16. The molecule has 0 saturated carbocycles. The quantitative estimate of drug-likeness (QED) is 0.762. The smallest absolute Gasteiger partial charge is 0.141 e. The van der Waals surface area contributed by atoms with Crippen molar-refractivity contribution in [3.05, 3.63) is 23.9 Å². The van der Waals surface area contributed by atoms with E-state index < -0.39 is 6.17 Å². The van der Waals surface area contributed by atoms with Crippen LogP contribution in [0, 0.1) is 0 Å². The van der Waals surface area contributed by atoms with Crippen molar-refractivity contribution in [3.8, 4) is 5.75 Å². The Morgan fingerprint density at radius 1 is 1.54 bits per heavy atom. The summed E-state index contributed by atoms with van der Waals surface area (Å²) in [7, 11) is 0. The van der Waals surface area contributed by atoms with E-state index in [4.69, 9.17) is 0 Å². The molecule has 1 heterocycles. The van der Waals surface area contributed by atoms with Gasteiger partial charge in [0.15, 0.2) is 0 Å². The van der Waals surface area contributed by atoms with Crippen LogP contribution in [0.1, 0.15) is 18.8 Å². The summed E-state index contributed by atoms with van der Waals surface area (Å²) in [6.07, 6.45) is -1.09. The van der Waals surface area contributed by atoms with Crippen molar-refractivity contribution in [3.63, 3.8) is 0 Å². The van der Waals surface area contributed by atoms with E-state index in [-0.39, 0.29) is 5.75 Å². The highest BCUT2D eigenvalue weighted by molar-refractivity contribution is 7.13. The van der Waals surface area contributed by atoms with E-state index in [9.17, 15) is 9.50 Å². The number of hydrogen-bond acceptors (Lipinski definition) is 3. The zero-order valence-electron chi connectivity index (χ0n) is 6.99. The second-order valence-corrected chi connectivity index (χ2v) is 3.67. The first-order valence-corrected chi connectivity index (χ1v) is 4.68. The molecule has 2 aromatic rings. The Bertz CT molecular complexity index is 438. The Balaban J connectivity index is 2.71. The number of phenols is 1. The van der Waals surface area contributed by atoms with Crippen molar-refractivity contribution in [2.24, 2.45) is 0 Å². The average Bonchev–Trinajstić information content (AvgIpc) is 2.46. The Morgan fingerprint density at radius 2 is 2.31 bits per heavy atom. The first-order chi connectivity index (χ1) is 6.18. The van der Waals surface area contributed by atoms with Crippen LogP contribution < -0.4 is 0 Å². The number of fused-ring (bicyclic) bond motifs is 1. The van der Waals surface area contributed by atoms with E-state index in [1.165, 1.54) is 18.5 Å². The molecule has 1 aromatic heterocycles. The predicted octanol–water partition coefficient (Wildman–Crippen LogP) is 3.03. The fourth-order valence-electron chi connectivity index (χ4n) is 1.23. The summed E-state index contributed by atoms with van der Waals surface area (Å²) in [5, 5.41) is 9.92. The molecule has 2 nitrogen and oxygen atoms in total. The minimum atomic E-state index is -1.09. The molecule has 2 rings (SSSR count). The van der Waals surface area contributed by atoms with Crippen LogP contribution in [0.2, 0.25) is 0 Å². The summed E-state index contributed by atoms with van der Waals surface area (Å²) in [4.78, 5) is 0. The predicted molar refractivity (Wildman–Crippen MR) is 50.8 cm³/mol. The Labute approximate surface area is 78.8 Å². The number of phenolic OH excluding ortho intramolecular Hbond substituents is 1. The lowest BCUT2D eigenvalue weighted by Crippen LogP contribution is -1.84. The fourth-order valence-corrected chi connectivity index (χ4v) is 2.06. The zero-order valence-corrected chi connectivity index (χ0v) is 7.81. The number of nitrogens with zero attached hydrogens (tertiary/aromatic N) is 1. The van der Waals surface area contributed by atoms with Crippen molar-refractivity contribution in [1.29, 1.82) is 0 Å². The van der Waals surface area contributed by atoms with Crippen LogP contribution in [0.3, 0.4) is 0 Å². The number of rotatable bonds is 1. The maximum absolute atomic E-state index is 13.0. The SMILES string of the molecule is CC(F)c1nsc2ccc(O)cc12. The molecule has 0 aliphatic carbocycles. The molecule has 0 spiro atoms. The third-order valence-electron chi connectivity index (χ3n) is 1.86. The van der Waals surface area contributed by atoms with Gasteiger partial charge in [-0.05, 0) is 36.7 Å². The number of halogens is 1. The molecule has 13 heavy (non-hydrogen) atoms. The molecular weight excluding hydrogens is 189 g/mol. The van der Waals surface area contributed by atoms with E-state index >= 15 is 0 Å².